The summed E-state index contributed by atoms with van der Waals surface area (Å²) in [6, 6.07) is 13.8. The predicted octanol–water partition coefficient (Wildman–Crippen LogP) is 4.71. The van der Waals surface area contributed by atoms with E-state index in [1.807, 2.05) is 62.4 Å². The minimum atomic E-state index is -0.270. The number of thioether (sulfide) groups is 1. The molecule has 2 amide bonds. The molecule has 144 valence electrons. The zero-order valence-electron chi connectivity index (χ0n) is 16.1. The monoisotopic (exact) mass is 410 g/mol. The van der Waals surface area contributed by atoms with Crippen LogP contribution in [0.1, 0.15) is 29.2 Å². The van der Waals surface area contributed by atoms with Crippen LogP contribution in [0.2, 0.25) is 0 Å². The van der Waals surface area contributed by atoms with Gasteiger partial charge in [-0.25, -0.2) is 0 Å². The van der Waals surface area contributed by atoms with Crippen molar-refractivity contribution in [1.29, 1.82) is 0 Å². The van der Waals surface area contributed by atoms with Gasteiger partial charge in [0.15, 0.2) is 0 Å². The molecule has 0 aliphatic carbocycles. The number of hydrogen-bond donors (Lipinski definition) is 1. The Hall–Kier alpha value is -2.44. The summed E-state index contributed by atoms with van der Waals surface area (Å²) in [6.07, 6.45) is 2.79. The molecule has 6 heteroatoms. The van der Waals surface area contributed by atoms with E-state index in [0.29, 0.717) is 14.9 Å². The Bertz CT molecular complexity index is 965. The maximum Gasteiger partial charge on any atom is 0.266 e. The highest BCUT2D eigenvalue weighted by Crippen LogP contribution is 2.32. The number of carbonyl (C=O) groups is 2. The van der Waals surface area contributed by atoms with Crippen LogP contribution in [0.4, 0.5) is 5.69 Å². The summed E-state index contributed by atoms with van der Waals surface area (Å²) in [5.41, 5.74) is 5.16. The van der Waals surface area contributed by atoms with E-state index in [9.17, 15) is 9.59 Å². The average Bonchev–Trinajstić information content (AvgIpc) is 2.93. The first-order valence-corrected chi connectivity index (χ1v) is 10.3. The largest absolute Gasteiger partial charge is 0.325 e. The second-order valence-electron chi connectivity index (χ2n) is 6.71. The summed E-state index contributed by atoms with van der Waals surface area (Å²) in [4.78, 5) is 27.0. The van der Waals surface area contributed by atoms with E-state index in [0.717, 1.165) is 23.1 Å². The Labute approximate surface area is 175 Å². The van der Waals surface area contributed by atoms with Gasteiger partial charge in [-0.05, 0) is 60.7 Å². The lowest BCUT2D eigenvalue weighted by Gasteiger charge is -2.14. The van der Waals surface area contributed by atoms with Crippen molar-refractivity contribution in [2.75, 3.05) is 11.9 Å². The molecular weight excluding hydrogens is 388 g/mol. The van der Waals surface area contributed by atoms with Crippen LogP contribution >= 0.6 is 24.0 Å². The molecule has 0 bridgehead atoms. The Balaban J connectivity index is 1.68. The molecule has 1 saturated heterocycles. The zero-order chi connectivity index (χ0) is 20.3. The summed E-state index contributed by atoms with van der Waals surface area (Å²) in [6.45, 7) is 6.01. The molecule has 2 aromatic rings. The second kappa shape index (κ2) is 8.71. The SMILES string of the molecule is CCc1ccc(C=C2SC(=S)N(CC(=O)Nc3ccc(C)c(C)c3)C2=O)cc1. The number of aryl methyl sites for hydroxylation is 3. The minimum Gasteiger partial charge on any atom is -0.325 e. The predicted molar refractivity (Wildman–Crippen MR) is 120 cm³/mol. The second-order valence-corrected chi connectivity index (χ2v) is 8.39. The van der Waals surface area contributed by atoms with Gasteiger partial charge in [-0.2, -0.15) is 0 Å². The Morgan fingerprint density at radius 1 is 1.14 bits per heavy atom. The summed E-state index contributed by atoms with van der Waals surface area (Å²) >= 11 is 6.55. The van der Waals surface area contributed by atoms with Crippen molar-refractivity contribution in [3.63, 3.8) is 0 Å². The first-order chi connectivity index (χ1) is 13.4. The van der Waals surface area contributed by atoms with Crippen molar-refractivity contribution < 1.29 is 9.59 Å². The van der Waals surface area contributed by atoms with Crippen LogP contribution in [0.25, 0.3) is 6.08 Å². The molecule has 1 heterocycles. The Morgan fingerprint density at radius 3 is 2.50 bits per heavy atom. The lowest BCUT2D eigenvalue weighted by atomic mass is 10.1. The summed E-state index contributed by atoms with van der Waals surface area (Å²) in [7, 11) is 0. The van der Waals surface area contributed by atoms with Gasteiger partial charge in [-0.1, -0.05) is 61.2 Å². The lowest BCUT2D eigenvalue weighted by Crippen LogP contribution is -2.36. The topological polar surface area (TPSA) is 49.4 Å². The van der Waals surface area contributed by atoms with Crippen LogP contribution in [-0.4, -0.2) is 27.6 Å². The van der Waals surface area contributed by atoms with Crippen molar-refractivity contribution in [3.8, 4) is 0 Å². The molecule has 4 nitrogen and oxygen atoms in total. The molecule has 0 spiro atoms. The summed E-state index contributed by atoms with van der Waals surface area (Å²) < 4.78 is 0.400. The number of rotatable bonds is 5. The first kappa shape index (κ1) is 20.3. The number of nitrogens with one attached hydrogen (secondary N) is 1. The van der Waals surface area contributed by atoms with Crippen molar-refractivity contribution in [1.82, 2.24) is 4.90 Å². The van der Waals surface area contributed by atoms with E-state index in [4.69, 9.17) is 12.2 Å². The van der Waals surface area contributed by atoms with Crippen LogP contribution < -0.4 is 5.32 Å². The van der Waals surface area contributed by atoms with Crippen LogP contribution in [-0.2, 0) is 16.0 Å². The Kier molecular flexibility index (Phi) is 6.31. The number of hydrogen-bond acceptors (Lipinski definition) is 4. The van der Waals surface area contributed by atoms with Crippen molar-refractivity contribution >= 4 is 51.9 Å². The molecule has 1 N–H and O–H groups in total. The van der Waals surface area contributed by atoms with Gasteiger partial charge in [0.05, 0.1) is 4.91 Å². The Morgan fingerprint density at radius 2 is 1.86 bits per heavy atom. The first-order valence-electron chi connectivity index (χ1n) is 9.09. The fourth-order valence-electron chi connectivity index (χ4n) is 2.80. The van der Waals surface area contributed by atoms with Gasteiger partial charge >= 0.3 is 0 Å². The van der Waals surface area contributed by atoms with Crippen LogP contribution in [0.5, 0.6) is 0 Å². The molecule has 0 radical (unpaired) electrons. The van der Waals surface area contributed by atoms with Crippen molar-refractivity contribution in [3.05, 3.63) is 69.6 Å². The van der Waals surface area contributed by atoms with Crippen molar-refractivity contribution in [2.45, 2.75) is 27.2 Å². The smallest absolute Gasteiger partial charge is 0.266 e. The normalized spacial score (nSPS) is 15.4. The summed E-state index contributed by atoms with van der Waals surface area (Å²) in [5.74, 6) is -0.502. The molecule has 0 saturated carbocycles. The highest BCUT2D eigenvalue weighted by atomic mass is 32.2. The van der Waals surface area contributed by atoms with E-state index in [2.05, 4.69) is 12.2 Å². The molecule has 0 aromatic heterocycles. The molecule has 3 rings (SSSR count). The number of anilines is 1. The quantitative estimate of drug-likeness (QED) is 0.573. The third kappa shape index (κ3) is 4.69. The van der Waals surface area contributed by atoms with Gasteiger partial charge in [0, 0.05) is 5.69 Å². The number of thiocarbonyl (C=S) groups is 1. The molecule has 2 aromatic carbocycles. The zero-order valence-corrected chi connectivity index (χ0v) is 17.7. The van der Waals surface area contributed by atoms with Crippen molar-refractivity contribution in [2.24, 2.45) is 0 Å². The molecule has 1 fully saturated rings. The number of benzene rings is 2. The van der Waals surface area contributed by atoms with Gasteiger partial charge in [0.2, 0.25) is 5.91 Å². The number of carbonyl (C=O) groups excluding carboxylic acids is 2. The van der Waals surface area contributed by atoms with Gasteiger partial charge in [-0.3, -0.25) is 14.5 Å². The van der Waals surface area contributed by atoms with Crippen LogP contribution in [0, 0.1) is 13.8 Å². The molecule has 0 atom stereocenters. The maximum absolute atomic E-state index is 12.7. The van der Waals surface area contributed by atoms with E-state index in [-0.39, 0.29) is 18.4 Å². The minimum absolute atomic E-state index is 0.0935. The molecule has 1 aliphatic heterocycles. The molecule has 0 unspecified atom stereocenters. The fourth-order valence-corrected chi connectivity index (χ4v) is 4.06. The van der Waals surface area contributed by atoms with Gasteiger partial charge in [0.25, 0.3) is 5.91 Å². The number of amides is 2. The van der Waals surface area contributed by atoms with Crippen LogP contribution in [0.15, 0.2) is 47.4 Å². The van der Waals surface area contributed by atoms with Gasteiger partial charge in [0.1, 0.15) is 10.9 Å². The van der Waals surface area contributed by atoms with Gasteiger partial charge < -0.3 is 5.32 Å². The number of nitrogens with zero attached hydrogens (tertiary/aromatic N) is 1. The van der Waals surface area contributed by atoms with E-state index >= 15 is 0 Å². The van der Waals surface area contributed by atoms with E-state index in [1.54, 1.807) is 0 Å². The molecule has 28 heavy (non-hydrogen) atoms. The van der Waals surface area contributed by atoms with E-state index < -0.39 is 0 Å². The van der Waals surface area contributed by atoms with E-state index in [1.165, 1.54) is 22.2 Å². The standard InChI is InChI=1S/C22H22N2O2S2/c1-4-16-6-8-17(9-7-16)12-19-21(26)24(22(27)28-19)13-20(25)23-18-10-5-14(2)15(3)11-18/h5-12H,4,13H2,1-3H3,(H,23,25). The third-order valence-electron chi connectivity index (χ3n) is 4.65. The highest BCUT2D eigenvalue weighted by Gasteiger charge is 2.33. The molecule has 1 aliphatic rings. The van der Waals surface area contributed by atoms with Gasteiger partial charge in [-0.15, -0.1) is 0 Å². The third-order valence-corrected chi connectivity index (χ3v) is 6.03. The highest BCUT2D eigenvalue weighted by molar-refractivity contribution is 8.26. The fraction of sp³-hybridized carbons (Fsp3) is 0.227. The maximum atomic E-state index is 12.7. The van der Waals surface area contributed by atoms with Crippen LogP contribution in [0.3, 0.4) is 0 Å². The average molecular weight is 411 g/mol. The lowest BCUT2D eigenvalue weighted by molar-refractivity contribution is -0.126. The molecular formula is C22H22N2O2S2. The summed E-state index contributed by atoms with van der Waals surface area (Å²) in [5, 5.41) is 2.83.